The first-order chi connectivity index (χ1) is 9.47. The summed E-state index contributed by atoms with van der Waals surface area (Å²) in [4.78, 5) is 5.88. The maximum atomic E-state index is 5.64. The van der Waals surface area contributed by atoms with E-state index >= 15 is 0 Å². The van der Waals surface area contributed by atoms with Crippen molar-refractivity contribution in [1.82, 2.24) is 4.98 Å². The lowest BCUT2D eigenvalue weighted by molar-refractivity contribution is 0.586. The van der Waals surface area contributed by atoms with Crippen LogP contribution in [-0.2, 0) is 5.41 Å². The molecule has 0 unspecified atom stereocenters. The molecule has 102 valence electrons. The molecule has 3 rings (SSSR count). The molecule has 0 saturated carbocycles. The Labute approximate surface area is 131 Å². The van der Waals surface area contributed by atoms with Crippen molar-refractivity contribution in [2.75, 3.05) is 0 Å². The van der Waals surface area contributed by atoms with Gasteiger partial charge in [0.2, 0.25) is 0 Å². The normalized spacial score (nSPS) is 11.9. The molecule has 0 aliphatic heterocycles. The van der Waals surface area contributed by atoms with Gasteiger partial charge in [0.1, 0.15) is 13.7 Å². The number of hydrogen-bond acceptors (Lipinski definition) is 4. The SMILES string of the molecule is CC(C)(C)c1nc2scc(-c3ccccc3)c2c(=S)s1. The number of hydrogen-bond donors (Lipinski definition) is 0. The van der Waals surface area contributed by atoms with Crippen LogP contribution in [0.2, 0.25) is 0 Å². The summed E-state index contributed by atoms with van der Waals surface area (Å²) in [6, 6.07) is 10.4. The van der Waals surface area contributed by atoms with Crippen molar-refractivity contribution >= 4 is 45.1 Å². The van der Waals surface area contributed by atoms with E-state index in [1.807, 2.05) is 6.07 Å². The first-order valence-electron chi connectivity index (χ1n) is 6.45. The first-order valence-corrected chi connectivity index (χ1v) is 8.55. The van der Waals surface area contributed by atoms with Crippen LogP contribution in [0.5, 0.6) is 0 Å². The van der Waals surface area contributed by atoms with Gasteiger partial charge in [-0.15, -0.1) is 22.7 Å². The van der Waals surface area contributed by atoms with E-state index in [1.54, 1.807) is 22.7 Å². The fourth-order valence-corrected chi connectivity index (χ4v) is 4.55. The van der Waals surface area contributed by atoms with Gasteiger partial charge in [0.25, 0.3) is 0 Å². The van der Waals surface area contributed by atoms with E-state index in [2.05, 4.69) is 50.4 Å². The zero-order chi connectivity index (χ0) is 14.3. The number of rotatable bonds is 1. The number of fused-ring (bicyclic) bond motifs is 1. The molecule has 0 spiro atoms. The Balaban J connectivity index is 2.27. The summed E-state index contributed by atoms with van der Waals surface area (Å²) >= 11 is 8.96. The van der Waals surface area contributed by atoms with Crippen molar-refractivity contribution < 1.29 is 0 Å². The van der Waals surface area contributed by atoms with Gasteiger partial charge >= 0.3 is 0 Å². The summed E-state index contributed by atoms with van der Waals surface area (Å²) < 4.78 is 0.944. The van der Waals surface area contributed by atoms with Gasteiger partial charge in [-0.2, -0.15) is 0 Å². The van der Waals surface area contributed by atoms with Gasteiger partial charge in [-0.25, -0.2) is 4.98 Å². The van der Waals surface area contributed by atoms with Crippen molar-refractivity contribution in [2.24, 2.45) is 0 Å². The lowest BCUT2D eigenvalue weighted by Gasteiger charge is -2.16. The highest BCUT2D eigenvalue weighted by atomic mass is 32.1. The summed E-state index contributed by atoms with van der Waals surface area (Å²) in [5, 5.41) is 4.41. The van der Waals surface area contributed by atoms with E-state index in [4.69, 9.17) is 17.2 Å². The van der Waals surface area contributed by atoms with E-state index in [9.17, 15) is 0 Å². The molecule has 0 aliphatic carbocycles. The minimum absolute atomic E-state index is 0.0450. The van der Waals surface area contributed by atoms with Gasteiger partial charge < -0.3 is 0 Å². The van der Waals surface area contributed by atoms with Crippen LogP contribution >= 0.6 is 34.9 Å². The second-order valence-corrected chi connectivity index (χ2v) is 8.28. The smallest absolute Gasteiger partial charge is 0.127 e. The molecule has 0 aliphatic rings. The second kappa shape index (κ2) is 5.02. The molecular formula is C16H15NS3. The Morgan fingerprint density at radius 1 is 1.10 bits per heavy atom. The third-order valence-corrected chi connectivity index (χ3v) is 5.71. The zero-order valence-electron chi connectivity index (χ0n) is 11.6. The molecule has 20 heavy (non-hydrogen) atoms. The van der Waals surface area contributed by atoms with Gasteiger partial charge in [-0.05, 0) is 5.56 Å². The molecule has 0 amide bonds. The van der Waals surface area contributed by atoms with Gasteiger partial charge in [0.05, 0.1) is 0 Å². The molecule has 4 heteroatoms. The Hall–Kier alpha value is -1.10. The van der Waals surface area contributed by atoms with E-state index < -0.39 is 0 Å². The average Bonchev–Trinajstić information content (AvgIpc) is 2.83. The quantitative estimate of drug-likeness (QED) is 0.507. The number of thiophene rings is 1. The van der Waals surface area contributed by atoms with Gasteiger partial charge in [0, 0.05) is 21.7 Å². The summed E-state index contributed by atoms with van der Waals surface area (Å²) in [5.74, 6) is 0. The molecule has 0 bridgehead atoms. The lowest BCUT2D eigenvalue weighted by atomic mass is 9.98. The molecule has 0 fully saturated rings. The van der Waals surface area contributed by atoms with E-state index in [0.717, 1.165) is 19.0 Å². The zero-order valence-corrected chi connectivity index (χ0v) is 14.1. The number of nitrogens with zero attached hydrogens (tertiary/aromatic N) is 1. The standard InChI is InChI=1S/C16H15NS3/c1-16(2,3)15-17-13-12(14(18)20-15)11(9-19-13)10-7-5-4-6-8-10/h4-9H,1-3H3. The predicted molar refractivity (Wildman–Crippen MR) is 92.5 cm³/mol. The molecule has 0 atom stereocenters. The Morgan fingerprint density at radius 2 is 1.80 bits per heavy atom. The van der Waals surface area contributed by atoms with Gasteiger partial charge in [-0.1, -0.05) is 63.3 Å². The van der Waals surface area contributed by atoms with E-state index in [-0.39, 0.29) is 5.41 Å². The fourth-order valence-electron chi connectivity index (χ4n) is 2.03. The maximum absolute atomic E-state index is 5.64. The lowest BCUT2D eigenvalue weighted by Crippen LogP contribution is -2.11. The minimum atomic E-state index is 0.0450. The third kappa shape index (κ3) is 2.43. The van der Waals surface area contributed by atoms with Crippen LogP contribution in [0.25, 0.3) is 21.3 Å². The van der Waals surface area contributed by atoms with Crippen LogP contribution in [0.4, 0.5) is 0 Å². The summed E-state index contributed by atoms with van der Waals surface area (Å²) in [6.07, 6.45) is 0. The largest absolute Gasteiger partial charge is 0.230 e. The van der Waals surface area contributed by atoms with Gasteiger partial charge in [-0.3, -0.25) is 0 Å². The molecule has 0 N–H and O–H groups in total. The van der Waals surface area contributed by atoms with Crippen LogP contribution in [0.3, 0.4) is 0 Å². The highest BCUT2D eigenvalue weighted by Crippen LogP contribution is 2.37. The minimum Gasteiger partial charge on any atom is -0.230 e. The van der Waals surface area contributed by atoms with E-state index in [0.29, 0.717) is 0 Å². The van der Waals surface area contributed by atoms with Crippen molar-refractivity contribution in [3.63, 3.8) is 0 Å². The van der Waals surface area contributed by atoms with Crippen molar-refractivity contribution in [1.29, 1.82) is 0 Å². The first kappa shape index (κ1) is 13.9. The molecule has 0 saturated heterocycles. The second-order valence-electron chi connectivity index (χ2n) is 5.75. The Kier molecular flexibility index (Phi) is 3.48. The molecular weight excluding hydrogens is 302 g/mol. The van der Waals surface area contributed by atoms with Crippen LogP contribution in [0.1, 0.15) is 25.8 Å². The maximum Gasteiger partial charge on any atom is 0.127 e. The molecule has 0 radical (unpaired) electrons. The summed E-state index contributed by atoms with van der Waals surface area (Å²) in [7, 11) is 0. The third-order valence-electron chi connectivity index (χ3n) is 3.09. The van der Waals surface area contributed by atoms with Crippen molar-refractivity contribution in [3.05, 3.63) is 44.5 Å². The number of benzene rings is 1. The Bertz CT molecular complexity index is 807. The van der Waals surface area contributed by atoms with Crippen molar-refractivity contribution in [2.45, 2.75) is 26.2 Å². The highest BCUT2D eigenvalue weighted by Gasteiger charge is 2.19. The number of aromatic nitrogens is 1. The predicted octanol–water partition coefficient (Wildman–Crippen LogP) is 6.05. The van der Waals surface area contributed by atoms with E-state index in [1.165, 1.54) is 11.1 Å². The van der Waals surface area contributed by atoms with Crippen LogP contribution in [0, 0.1) is 3.82 Å². The van der Waals surface area contributed by atoms with Crippen LogP contribution in [-0.4, -0.2) is 4.98 Å². The molecule has 3 aromatic rings. The summed E-state index contributed by atoms with van der Waals surface area (Å²) in [6.45, 7) is 6.54. The fraction of sp³-hybridized carbons (Fsp3) is 0.250. The molecule has 1 nitrogen and oxygen atoms in total. The highest BCUT2D eigenvalue weighted by molar-refractivity contribution is 7.74. The van der Waals surface area contributed by atoms with Crippen LogP contribution < -0.4 is 0 Å². The van der Waals surface area contributed by atoms with Crippen LogP contribution in [0.15, 0.2) is 35.7 Å². The molecule has 1 aromatic carbocycles. The van der Waals surface area contributed by atoms with Gasteiger partial charge in [0.15, 0.2) is 0 Å². The monoisotopic (exact) mass is 317 g/mol. The topological polar surface area (TPSA) is 12.9 Å². The Morgan fingerprint density at radius 3 is 2.45 bits per heavy atom. The molecule has 2 heterocycles. The molecule has 2 aromatic heterocycles. The summed E-state index contributed by atoms with van der Waals surface area (Å²) in [5.41, 5.74) is 2.46. The average molecular weight is 318 g/mol. The van der Waals surface area contributed by atoms with Crippen molar-refractivity contribution in [3.8, 4) is 11.1 Å².